The van der Waals surface area contributed by atoms with Crippen LogP contribution < -0.4 is 11.3 Å². The van der Waals surface area contributed by atoms with Gasteiger partial charge in [0, 0.05) is 19.0 Å². The van der Waals surface area contributed by atoms with Crippen molar-refractivity contribution in [1.29, 1.82) is 0 Å². The molecule has 3 N–H and O–H groups in total. The lowest BCUT2D eigenvalue weighted by Gasteiger charge is -2.14. The molecule has 0 amide bonds. The normalized spacial score (nSPS) is 13.0. The lowest BCUT2D eigenvalue weighted by molar-refractivity contribution is 0.452. The smallest absolute Gasteiger partial charge is 0.138 e. The summed E-state index contributed by atoms with van der Waals surface area (Å²) in [7, 11) is 0. The van der Waals surface area contributed by atoms with Crippen molar-refractivity contribution in [3.05, 3.63) is 12.2 Å². The average Bonchev–Trinajstić information content (AvgIpc) is 2.71. The Morgan fingerprint density at radius 1 is 1.53 bits per heavy atom. The van der Waals surface area contributed by atoms with Crippen molar-refractivity contribution in [2.45, 2.75) is 52.1 Å². The minimum absolute atomic E-state index is 0.305. The minimum Gasteiger partial charge on any atom is -0.271 e. The van der Waals surface area contributed by atoms with Crippen molar-refractivity contribution in [3.8, 4) is 0 Å². The van der Waals surface area contributed by atoms with E-state index < -0.39 is 0 Å². The van der Waals surface area contributed by atoms with Gasteiger partial charge in [-0.15, -0.1) is 0 Å². The zero-order chi connectivity index (χ0) is 11.1. The van der Waals surface area contributed by atoms with Gasteiger partial charge in [-0.1, -0.05) is 19.8 Å². The Bertz CT molecular complexity index is 271. The molecule has 15 heavy (non-hydrogen) atoms. The van der Waals surface area contributed by atoms with Crippen LogP contribution in [0.1, 0.15) is 38.9 Å². The standard InChI is InChI=1S/C10H21N5/c1-3-5-6-9(14-11)7-10-12-8-13-15(10)4-2/h8-9,14H,3-7,11H2,1-2H3. The summed E-state index contributed by atoms with van der Waals surface area (Å²) in [5.41, 5.74) is 2.85. The predicted octanol–water partition coefficient (Wildman–Crippen LogP) is 0.863. The molecule has 86 valence electrons. The summed E-state index contributed by atoms with van der Waals surface area (Å²) in [5.74, 6) is 6.52. The van der Waals surface area contributed by atoms with Crippen molar-refractivity contribution >= 4 is 0 Å². The monoisotopic (exact) mass is 211 g/mol. The molecule has 0 aliphatic carbocycles. The van der Waals surface area contributed by atoms with Crippen LogP contribution in [0.4, 0.5) is 0 Å². The highest BCUT2D eigenvalue weighted by Gasteiger charge is 2.11. The van der Waals surface area contributed by atoms with E-state index in [0.29, 0.717) is 6.04 Å². The molecule has 1 rings (SSSR count). The molecule has 0 aliphatic heterocycles. The van der Waals surface area contributed by atoms with Gasteiger partial charge in [-0.2, -0.15) is 5.10 Å². The fourth-order valence-corrected chi connectivity index (χ4v) is 1.63. The average molecular weight is 211 g/mol. The zero-order valence-electron chi connectivity index (χ0n) is 9.61. The minimum atomic E-state index is 0.305. The first kappa shape index (κ1) is 12.1. The molecule has 1 heterocycles. The van der Waals surface area contributed by atoms with Crippen LogP contribution in [0, 0.1) is 0 Å². The Hall–Kier alpha value is -0.940. The number of aromatic nitrogens is 3. The molecule has 0 saturated carbocycles. The van der Waals surface area contributed by atoms with E-state index in [2.05, 4.69) is 29.4 Å². The van der Waals surface area contributed by atoms with Crippen LogP contribution >= 0.6 is 0 Å². The fraction of sp³-hybridized carbons (Fsp3) is 0.800. The van der Waals surface area contributed by atoms with E-state index in [4.69, 9.17) is 5.84 Å². The SMILES string of the molecule is CCCCC(Cc1ncnn1CC)NN. The topological polar surface area (TPSA) is 68.8 Å². The highest BCUT2D eigenvalue weighted by atomic mass is 15.3. The van der Waals surface area contributed by atoms with Crippen molar-refractivity contribution < 1.29 is 0 Å². The van der Waals surface area contributed by atoms with E-state index in [-0.39, 0.29) is 0 Å². The first-order valence-electron chi connectivity index (χ1n) is 5.64. The van der Waals surface area contributed by atoms with Crippen LogP contribution in [0.25, 0.3) is 0 Å². The van der Waals surface area contributed by atoms with Gasteiger partial charge < -0.3 is 0 Å². The number of nitrogens with two attached hydrogens (primary N) is 1. The lowest BCUT2D eigenvalue weighted by Crippen LogP contribution is -2.37. The zero-order valence-corrected chi connectivity index (χ0v) is 9.61. The molecular formula is C10H21N5. The van der Waals surface area contributed by atoms with Crippen molar-refractivity contribution in [3.63, 3.8) is 0 Å². The number of nitrogens with zero attached hydrogens (tertiary/aromatic N) is 3. The van der Waals surface area contributed by atoms with Crippen LogP contribution in [0.2, 0.25) is 0 Å². The van der Waals surface area contributed by atoms with Crippen molar-refractivity contribution in [2.75, 3.05) is 0 Å². The van der Waals surface area contributed by atoms with E-state index in [1.807, 2.05) is 4.68 Å². The summed E-state index contributed by atoms with van der Waals surface area (Å²) < 4.78 is 1.91. The van der Waals surface area contributed by atoms with Gasteiger partial charge in [-0.3, -0.25) is 16.0 Å². The Kier molecular flexibility index (Phi) is 5.28. The molecule has 0 radical (unpaired) electrons. The van der Waals surface area contributed by atoms with Gasteiger partial charge in [-0.25, -0.2) is 4.98 Å². The van der Waals surface area contributed by atoms with Gasteiger partial charge in [0.2, 0.25) is 0 Å². The maximum Gasteiger partial charge on any atom is 0.138 e. The molecule has 0 spiro atoms. The summed E-state index contributed by atoms with van der Waals surface area (Å²) in [6.45, 7) is 5.11. The predicted molar refractivity (Wildman–Crippen MR) is 60.0 cm³/mol. The number of nitrogens with one attached hydrogen (secondary N) is 1. The quantitative estimate of drug-likeness (QED) is 0.518. The van der Waals surface area contributed by atoms with Crippen molar-refractivity contribution in [1.82, 2.24) is 20.2 Å². The summed E-state index contributed by atoms with van der Waals surface area (Å²) in [5, 5.41) is 4.14. The molecule has 5 heteroatoms. The van der Waals surface area contributed by atoms with Gasteiger partial charge in [0.15, 0.2) is 0 Å². The van der Waals surface area contributed by atoms with Crippen LogP contribution in [-0.4, -0.2) is 20.8 Å². The molecule has 5 nitrogen and oxygen atoms in total. The molecule has 0 bridgehead atoms. The fourth-order valence-electron chi connectivity index (χ4n) is 1.63. The summed E-state index contributed by atoms with van der Waals surface area (Å²) in [4.78, 5) is 4.24. The van der Waals surface area contributed by atoms with E-state index in [0.717, 1.165) is 25.2 Å². The number of hydrogen-bond donors (Lipinski definition) is 2. The Balaban J connectivity index is 2.50. The number of rotatable bonds is 7. The van der Waals surface area contributed by atoms with Gasteiger partial charge >= 0.3 is 0 Å². The van der Waals surface area contributed by atoms with Crippen LogP contribution in [0.5, 0.6) is 0 Å². The molecule has 1 aromatic heterocycles. The van der Waals surface area contributed by atoms with E-state index in [1.54, 1.807) is 6.33 Å². The van der Waals surface area contributed by atoms with Gasteiger partial charge in [0.25, 0.3) is 0 Å². The summed E-state index contributed by atoms with van der Waals surface area (Å²) in [6.07, 6.45) is 5.92. The summed E-state index contributed by atoms with van der Waals surface area (Å²) >= 11 is 0. The first-order valence-corrected chi connectivity index (χ1v) is 5.64. The van der Waals surface area contributed by atoms with Gasteiger partial charge in [-0.05, 0) is 13.3 Å². The van der Waals surface area contributed by atoms with E-state index >= 15 is 0 Å². The maximum absolute atomic E-state index is 5.51. The molecule has 0 saturated heterocycles. The second kappa shape index (κ2) is 6.53. The van der Waals surface area contributed by atoms with Crippen LogP contribution in [-0.2, 0) is 13.0 Å². The van der Waals surface area contributed by atoms with Crippen LogP contribution in [0.15, 0.2) is 6.33 Å². The first-order chi connectivity index (χ1) is 7.31. The Morgan fingerprint density at radius 2 is 2.33 bits per heavy atom. The van der Waals surface area contributed by atoms with Gasteiger partial charge in [0.05, 0.1) is 0 Å². The van der Waals surface area contributed by atoms with E-state index in [9.17, 15) is 0 Å². The Morgan fingerprint density at radius 3 is 2.93 bits per heavy atom. The molecule has 0 aromatic carbocycles. The number of hydrogen-bond acceptors (Lipinski definition) is 4. The molecule has 0 fully saturated rings. The second-order valence-electron chi connectivity index (χ2n) is 3.70. The number of hydrazine groups is 1. The maximum atomic E-state index is 5.51. The number of aryl methyl sites for hydroxylation is 1. The third-order valence-electron chi connectivity index (χ3n) is 2.57. The molecular weight excluding hydrogens is 190 g/mol. The molecule has 1 atom stereocenters. The second-order valence-corrected chi connectivity index (χ2v) is 3.70. The largest absolute Gasteiger partial charge is 0.271 e. The summed E-state index contributed by atoms with van der Waals surface area (Å²) in [6, 6.07) is 0.305. The molecule has 0 aliphatic rings. The van der Waals surface area contributed by atoms with Crippen LogP contribution in [0.3, 0.4) is 0 Å². The van der Waals surface area contributed by atoms with Crippen molar-refractivity contribution in [2.24, 2.45) is 5.84 Å². The third-order valence-corrected chi connectivity index (χ3v) is 2.57. The highest BCUT2D eigenvalue weighted by Crippen LogP contribution is 2.06. The van der Waals surface area contributed by atoms with Gasteiger partial charge in [0.1, 0.15) is 12.2 Å². The third kappa shape index (κ3) is 3.60. The lowest BCUT2D eigenvalue weighted by atomic mass is 10.1. The Labute approximate surface area is 91.0 Å². The number of unbranched alkanes of at least 4 members (excludes halogenated alkanes) is 1. The molecule has 1 unspecified atom stereocenters. The van der Waals surface area contributed by atoms with E-state index in [1.165, 1.54) is 12.8 Å². The molecule has 1 aromatic rings. The highest BCUT2D eigenvalue weighted by molar-refractivity contribution is 4.89.